The summed E-state index contributed by atoms with van der Waals surface area (Å²) in [7, 11) is -1.07. The SMILES string of the molecule is CCOP(/C=C/C1CCC(n2cnc3c(=O)[nH]c(NC(=O)C(C)C)nc32)O1)OCC. The minimum absolute atomic E-state index is 0.0968. The second kappa shape index (κ2) is 10.3. The molecule has 11 heteroatoms. The summed E-state index contributed by atoms with van der Waals surface area (Å²) in [6.07, 6.45) is 4.65. The lowest BCUT2D eigenvalue weighted by Crippen LogP contribution is -2.22. The van der Waals surface area contributed by atoms with E-state index in [4.69, 9.17) is 13.8 Å². The van der Waals surface area contributed by atoms with Crippen LogP contribution in [0.15, 0.2) is 23.0 Å². The maximum absolute atomic E-state index is 12.3. The summed E-state index contributed by atoms with van der Waals surface area (Å²) >= 11 is 0. The Bertz CT molecular complexity index is 950. The molecular formula is C19H28N5O5P. The van der Waals surface area contributed by atoms with E-state index in [1.165, 1.54) is 0 Å². The van der Waals surface area contributed by atoms with E-state index in [1.807, 2.05) is 25.7 Å². The van der Waals surface area contributed by atoms with Gasteiger partial charge in [-0.25, -0.2) is 4.98 Å². The number of amides is 1. The Balaban J connectivity index is 1.76. The van der Waals surface area contributed by atoms with Crippen LogP contribution < -0.4 is 10.9 Å². The minimum atomic E-state index is -1.07. The number of hydrogen-bond acceptors (Lipinski definition) is 7. The quantitative estimate of drug-likeness (QED) is 0.578. The lowest BCUT2D eigenvalue weighted by Gasteiger charge is -2.15. The third-order valence-corrected chi connectivity index (χ3v) is 5.91. The van der Waals surface area contributed by atoms with Gasteiger partial charge in [0.2, 0.25) is 11.9 Å². The average Bonchev–Trinajstić information content (AvgIpc) is 3.33. The molecule has 1 aliphatic rings. The molecule has 2 N–H and O–H groups in total. The molecule has 2 aromatic heterocycles. The van der Waals surface area contributed by atoms with E-state index in [0.29, 0.717) is 18.9 Å². The van der Waals surface area contributed by atoms with Crippen molar-refractivity contribution >= 4 is 31.4 Å². The molecule has 1 amide bonds. The van der Waals surface area contributed by atoms with Crippen molar-refractivity contribution in [3.8, 4) is 0 Å². The van der Waals surface area contributed by atoms with Crippen LogP contribution in [0.25, 0.3) is 11.2 Å². The lowest BCUT2D eigenvalue weighted by molar-refractivity contribution is -0.118. The highest BCUT2D eigenvalue weighted by Crippen LogP contribution is 2.41. The van der Waals surface area contributed by atoms with Gasteiger partial charge in [0.05, 0.1) is 25.6 Å². The number of H-pyrrole nitrogens is 1. The molecule has 164 valence electrons. The summed E-state index contributed by atoms with van der Waals surface area (Å²) < 4.78 is 19.0. The largest absolute Gasteiger partial charge is 0.351 e. The lowest BCUT2D eigenvalue weighted by atomic mass is 10.2. The molecule has 2 aromatic rings. The number of aromatic amines is 1. The van der Waals surface area contributed by atoms with Crippen molar-refractivity contribution in [3.05, 3.63) is 28.6 Å². The zero-order chi connectivity index (χ0) is 21.7. The van der Waals surface area contributed by atoms with Crippen LogP contribution in [-0.2, 0) is 18.6 Å². The molecule has 10 nitrogen and oxygen atoms in total. The van der Waals surface area contributed by atoms with Crippen LogP contribution in [0.3, 0.4) is 0 Å². The molecular weight excluding hydrogens is 409 g/mol. The van der Waals surface area contributed by atoms with E-state index in [9.17, 15) is 9.59 Å². The number of aromatic nitrogens is 4. The molecule has 1 fully saturated rings. The Morgan fingerprint density at radius 3 is 2.80 bits per heavy atom. The third-order valence-electron chi connectivity index (χ3n) is 4.47. The zero-order valence-corrected chi connectivity index (χ0v) is 18.5. The van der Waals surface area contributed by atoms with Crippen LogP contribution in [0.5, 0.6) is 0 Å². The van der Waals surface area contributed by atoms with Crippen LogP contribution in [0.1, 0.15) is 46.8 Å². The van der Waals surface area contributed by atoms with Gasteiger partial charge in [0.25, 0.3) is 5.56 Å². The summed E-state index contributed by atoms with van der Waals surface area (Å²) in [5.41, 5.74) is 0.168. The number of anilines is 1. The van der Waals surface area contributed by atoms with Gasteiger partial charge in [0, 0.05) is 5.92 Å². The Labute approximate surface area is 175 Å². The van der Waals surface area contributed by atoms with Gasteiger partial charge in [-0.15, -0.1) is 0 Å². The number of imidazole rings is 1. The van der Waals surface area contributed by atoms with E-state index < -0.39 is 13.9 Å². The molecule has 2 atom stereocenters. The maximum Gasteiger partial charge on any atom is 0.280 e. The van der Waals surface area contributed by atoms with Gasteiger partial charge >= 0.3 is 0 Å². The molecule has 3 rings (SSSR count). The van der Waals surface area contributed by atoms with Crippen molar-refractivity contribution in [2.24, 2.45) is 5.92 Å². The van der Waals surface area contributed by atoms with Gasteiger partial charge < -0.3 is 13.8 Å². The molecule has 30 heavy (non-hydrogen) atoms. The number of nitrogens with zero attached hydrogens (tertiary/aromatic N) is 3. The summed E-state index contributed by atoms with van der Waals surface area (Å²) in [6, 6.07) is 0. The first-order valence-corrected chi connectivity index (χ1v) is 11.3. The number of ether oxygens (including phenoxy) is 1. The van der Waals surface area contributed by atoms with Crippen LogP contribution in [0.4, 0.5) is 5.95 Å². The van der Waals surface area contributed by atoms with Gasteiger partial charge in [0.1, 0.15) is 6.23 Å². The summed E-state index contributed by atoms with van der Waals surface area (Å²) in [5.74, 6) is 1.55. The van der Waals surface area contributed by atoms with Gasteiger partial charge in [-0.05, 0) is 32.5 Å². The van der Waals surface area contributed by atoms with E-state index in [1.54, 1.807) is 24.7 Å². The average molecular weight is 437 g/mol. The first kappa shape index (κ1) is 22.6. The van der Waals surface area contributed by atoms with Crippen molar-refractivity contribution in [3.63, 3.8) is 0 Å². The first-order valence-electron chi connectivity index (χ1n) is 10.1. The topological polar surface area (TPSA) is 120 Å². The number of nitrogens with one attached hydrogen (secondary N) is 2. The van der Waals surface area contributed by atoms with E-state index >= 15 is 0 Å². The highest BCUT2D eigenvalue weighted by atomic mass is 31.2. The molecule has 1 aliphatic heterocycles. The normalized spacial score (nSPS) is 19.5. The van der Waals surface area contributed by atoms with Crippen LogP contribution in [-0.4, -0.2) is 44.7 Å². The van der Waals surface area contributed by atoms with Crippen molar-refractivity contribution in [2.75, 3.05) is 18.5 Å². The Hall–Kier alpha value is -2.13. The standard InChI is InChI=1S/C19H28N5O5P/c1-5-27-30(28-6-2)10-9-13-7-8-14(29-13)24-11-20-15-16(24)21-19(23-18(15)26)22-17(25)12(3)4/h9-14H,5-8H2,1-4H3,(H2,21,22,23,25,26)/b10-9+. The predicted molar refractivity (Wildman–Crippen MR) is 114 cm³/mol. The van der Waals surface area contributed by atoms with Gasteiger partial charge in [-0.3, -0.25) is 24.5 Å². The Kier molecular flexibility index (Phi) is 7.71. The fourth-order valence-electron chi connectivity index (χ4n) is 2.99. The summed E-state index contributed by atoms with van der Waals surface area (Å²) in [5, 5.41) is 2.62. The molecule has 0 aliphatic carbocycles. The molecule has 3 heterocycles. The van der Waals surface area contributed by atoms with Crippen molar-refractivity contribution in [1.82, 2.24) is 19.5 Å². The van der Waals surface area contributed by atoms with Crippen LogP contribution in [0, 0.1) is 5.92 Å². The zero-order valence-electron chi connectivity index (χ0n) is 17.6. The van der Waals surface area contributed by atoms with Crippen LogP contribution in [0.2, 0.25) is 0 Å². The highest BCUT2D eigenvalue weighted by Gasteiger charge is 2.27. The number of carbonyl (C=O) groups is 1. The van der Waals surface area contributed by atoms with Gasteiger partial charge in [-0.2, -0.15) is 4.98 Å². The first-order chi connectivity index (χ1) is 14.4. The molecule has 0 saturated carbocycles. The summed E-state index contributed by atoms with van der Waals surface area (Å²) in [6.45, 7) is 8.56. The number of carbonyl (C=O) groups excluding carboxylic acids is 1. The second-order valence-corrected chi connectivity index (χ2v) is 8.44. The predicted octanol–water partition coefficient (Wildman–Crippen LogP) is 3.29. The second-order valence-electron chi connectivity index (χ2n) is 7.05. The van der Waals surface area contributed by atoms with Crippen molar-refractivity contribution in [2.45, 2.75) is 52.9 Å². The molecule has 0 aromatic carbocycles. The Morgan fingerprint density at radius 2 is 2.13 bits per heavy atom. The van der Waals surface area contributed by atoms with E-state index in [-0.39, 0.29) is 35.6 Å². The minimum Gasteiger partial charge on any atom is -0.351 e. The number of hydrogen-bond donors (Lipinski definition) is 2. The highest BCUT2D eigenvalue weighted by molar-refractivity contribution is 7.50. The van der Waals surface area contributed by atoms with Crippen molar-refractivity contribution < 1.29 is 18.6 Å². The molecule has 2 unspecified atom stereocenters. The van der Waals surface area contributed by atoms with Crippen LogP contribution >= 0.6 is 8.38 Å². The third kappa shape index (κ3) is 5.31. The molecule has 0 spiro atoms. The molecule has 0 bridgehead atoms. The maximum atomic E-state index is 12.3. The Morgan fingerprint density at radius 1 is 1.40 bits per heavy atom. The smallest absolute Gasteiger partial charge is 0.280 e. The van der Waals surface area contributed by atoms with E-state index in [0.717, 1.165) is 12.8 Å². The summed E-state index contributed by atoms with van der Waals surface area (Å²) in [4.78, 5) is 35.4. The number of rotatable bonds is 9. The van der Waals surface area contributed by atoms with Gasteiger partial charge in [-0.1, -0.05) is 19.9 Å². The fourth-order valence-corrected chi connectivity index (χ4v) is 4.08. The fraction of sp³-hybridized carbons (Fsp3) is 0.579. The van der Waals surface area contributed by atoms with Gasteiger partial charge in [0.15, 0.2) is 19.5 Å². The number of fused-ring (bicyclic) bond motifs is 1. The monoisotopic (exact) mass is 437 g/mol. The molecule has 0 radical (unpaired) electrons. The van der Waals surface area contributed by atoms with Crippen molar-refractivity contribution in [1.29, 1.82) is 0 Å². The molecule has 1 saturated heterocycles. The van der Waals surface area contributed by atoms with E-state index in [2.05, 4.69) is 20.3 Å².